The summed E-state index contributed by atoms with van der Waals surface area (Å²) in [5.41, 5.74) is 0. The zero-order valence-corrected chi connectivity index (χ0v) is 10.3. The second-order valence-electron chi connectivity index (χ2n) is 4.66. The first-order valence-corrected chi connectivity index (χ1v) is 6.33. The molecule has 0 unspecified atom stereocenters. The number of fused-ring (bicyclic) bond motifs is 3. The summed E-state index contributed by atoms with van der Waals surface area (Å²) in [6, 6.07) is 16.5. The minimum absolute atomic E-state index is 0.954. The molecular formula is C17H12N2. The first kappa shape index (κ1) is 10.3. The van der Waals surface area contributed by atoms with E-state index in [1.165, 1.54) is 10.4 Å². The van der Waals surface area contributed by atoms with Gasteiger partial charge in [0.15, 0.2) is 0 Å². The van der Waals surface area contributed by atoms with Crippen LogP contribution in [0.3, 0.4) is 0 Å². The fourth-order valence-electron chi connectivity index (χ4n) is 2.42. The molecule has 0 amide bonds. The van der Waals surface area contributed by atoms with Crippen molar-refractivity contribution in [2.75, 3.05) is 0 Å². The standard InChI is InChI=1S/C17H12N2/c1-2-6-14-11-19-12-15-7-3-4-8-16(15)18-17(19)10-9-13(14)5-1/h1-12H. The minimum Gasteiger partial charge on any atom is -0.307 e. The first-order chi connectivity index (χ1) is 9.40. The van der Waals surface area contributed by atoms with Gasteiger partial charge in [-0.25, -0.2) is 4.99 Å². The molecule has 4 rings (SSSR count). The Morgan fingerprint density at radius 3 is 2.26 bits per heavy atom. The van der Waals surface area contributed by atoms with Crippen molar-refractivity contribution in [2.45, 2.75) is 0 Å². The Morgan fingerprint density at radius 2 is 1.37 bits per heavy atom. The van der Waals surface area contributed by atoms with Crippen LogP contribution in [0.25, 0.3) is 18.5 Å². The summed E-state index contributed by atoms with van der Waals surface area (Å²) >= 11 is 0. The molecule has 2 heterocycles. The van der Waals surface area contributed by atoms with Crippen molar-refractivity contribution >= 4 is 18.5 Å². The molecule has 0 saturated heterocycles. The van der Waals surface area contributed by atoms with E-state index in [1.807, 2.05) is 18.2 Å². The number of allylic oxidation sites excluding steroid dienone is 1. The highest BCUT2D eigenvalue weighted by atomic mass is 15.2. The molecule has 0 fully saturated rings. The van der Waals surface area contributed by atoms with Crippen molar-refractivity contribution < 1.29 is 0 Å². The Bertz CT molecular complexity index is 914. The molecule has 0 saturated carbocycles. The zero-order chi connectivity index (χ0) is 12.7. The second kappa shape index (κ2) is 3.95. The van der Waals surface area contributed by atoms with Crippen LogP contribution in [0, 0.1) is 0 Å². The van der Waals surface area contributed by atoms with Crippen LogP contribution in [0.1, 0.15) is 0 Å². The van der Waals surface area contributed by atoms with Crippen LogP contribution < -0.4 is 21.0 Å². The molecule has 90 valence electrons. The van der Waals surface area contributed by atoms with Gasteiger partial charge in [0.25, 0.3) is 0 Å². The molecule has 2 heteroatoms. The highest BCUT2D eigenvalue weighted by Gasteiger charge is 2.08. The molecule has 2 nitrogen and oxygen atoms in total. The Hall–Kier alpha value is -2.61. The largest absolute Gasteiger partial charge is 0.307 e. The van der Waals surface area contributed by atoms with Crippen LogP contribution in [0.5, 0.6) is 0 Å². The molecule has 0 radical (unpaired) electrons. The molecule has 0 N–H and O–H groups in total. The van der Waals surface area contributed by atoms with Gasteiger partial charge in [-0.15, -0.1) is 0 Å². The predicted molar refractivity (Wildman–Crippen MR) is 76.2 cm³/mol. The van der Waals surface area contributed by atoms with E-state index in [9.17, 15) is 0 Å². The number of hydrogen-bond acceptors (Lipinski definition) is 2. The number of rotatable bonds is 0. The lowest BCUT2D eigenvalue weighted by atomic mass is 10.2. The normalized spacial score (nSPS) is 15.2. The molecule has 0 atom stereocenters. The number of benzene rings is 2. The quantitative estimate of drug-likeness (QED) is 0.656. The second-order valence-corrected chi connectivity index (χ2v) is 4.66. The summed E-state index contributed by atoms with van der Waals surface area (Å²) in [6.45, 7) is 0. The third-order valence-electron chi connectivity index (χ3n) is 3.40. The molecule has 0 bridgehead atoms. The van der Waals surface area contributed by atoms with Crippen LogP contribution in [0.4, 0.5) is 0 Å². The average molecular weight is 244 g/mol. The first-order valence-electron chi connectivity index (χ1n) is 6.33. The van der Waals surface area contributed by atoms with Crippen LogP contribution in [0.15, 0.2) is 65.4 Å². The molecule has 0 aromatic heterocycles. The molecular weight excluding hydrogens is 232 g/mol. The Morgan fingerprint density at radius 1 is 0.684 bits per heavy atom. The lowest BCUT2D eigenvalue weighted by molar-refractivity contribution is 0.700. The van der Waals surface area contributed by atoms with Crippen molar-refractivity contribution in [3.63, 3.8) is 0 Å². The van der Waals surface area contributed by atoms with Crippen LogP contribution in [-0.2, 0) is 0 Å². The third-order valence-corrected chi connectivity index (χ3v) is 3.40. The van der Waals surface area contributed by atoms with E-state index in [2.05, 4.69) is 59.8 Å². The third kappa shape index (κ3) is 1.69. The monoisotopic (exact) mass is 244 g/mol. The van der Waals surface area contributed by atoms with E-state index >= 15 is 0 Å². The van der Waals surface area contributed by atoms with Crippen LogP contribution >= 0.6 is 0 Å². The van der Waals surface area contributed by atoms with Gasteiger partial charge in [-0.2, -0.15) is 0 Å². The summed E-state index contributed by atoms with van der Waals surface area (Å²) in [4.78, 5) is 6.79. The fourth-order valence-corrected chi connectivity index (χ4v) is 2.42. The minimum atomic E-state index is 0.954. The molecule has 2 aromatic carbocycles. The van der Waals surface area contributed by atoms with E-state index in [1.54, 1.807) is 0 Å². The maximum Gasteiger partial charge on any atom is 0.137 e. The number of hydrogen-bond donors (Lipinski definition) is 0. The highest BCUT2D eigenvalue weighted by molar-refractivity contribution is 5.51. The number of para-hydroxylation sites is 1. The van der Waals surface area contributed by atoms with Crippen LogP contribution in [0.2, 0.25) is 0 Å². The Kier molecular flexibility index (Phi) is 2.15. The van der Waals surface area contributed by atoms with E-state index < -0.39 is 0 Å². The summed E-state index contributed by atoms with van der Waals surface area (Å²) < 4.78 is 0. The summed E-state index contributed by atoms with van der Waals surface area (Å²) in [5, 5.41) is 4.60. The van der Waals surface area contributed by atoms with Crippen molar-refractivity contribution in [3.05, 3.63) is 81.4 Å². The van der Waals surface area contributed by atoms with Gasteiger partial charge >= 0.3 is 0 Å². The van der Waals surface area contributed by atoms with E-state index in [0.717, 1.165) is 16.4 Å². The zero-order valence-electron chi connectivity index (χ0n) is 10.3. The van der Waals surface area contributed by atoms with Gasteiger partial charge in [0, 0.05) is 17.6 Å². The van der Waals surface area contributed by atoms with Gasteiger partial charge in [0.1, 0.15) is 5.82 Å². The van der Waals surface area contributed by atoms with Gasteiger partial charge < -0.3 is 4.90 Å². The van der Waals surface area contributed by atoms with E-state index in [0.29, 0.717) is 0 Å². The smallest absolute Gasteiger partial charge is 0.137 e. The Labute approximate surface area is 110 Å². The molecule has 2 aromatic rings. The lowest BCUT2D eigenvalue weighted by Gasteiger charge is -2.18. The fraction of sp³-hybridized carbons (Fsp3) is 0. The van der Waals surface area contributed by atoms with Gasteiger partial charge in [-0.05, 0) is 22.6 Å². The summed E-state index contributed by atoms with van der Waals surface area (Å²) in [5.74, 6) is 0.954. The summed E-state index contributed by atoms with van der Waals surface area (Å²) in [6.07, 6.45) is 8.44. The topological polar surface area (TPSA) is 15.6 Å². The van der Waals surface area contributed by atoms with Gasteiger partial charge in [0.2, 0.25) is 0 Å². The SMILES string of the molecule is C1=C2N=c3ccccc3=CN2C=c2ccccc2=C1. The predicted octanol–water partition coefficient (Wildman–Crippen LogP) is 0.434. The number of nitrogens with zero attached hydrogens (tertiary/aromatic N) is 2. The van der Waals surface area contributed by atoms with Gasteiger partial charge in [-0.3, -0.25) is 0 Å². The van der Waals surface area contributed by atoms with Crippen LogP contribution in [-0.4, -0.2) is 4.90 Å². The van der Waals surface area contributed by atoms with Crippen molar-refractivity contribution in [1.29, 1.82) is 0 Å². The molecule has 2 aliphatic rings. The van der Waals surface area contributed by atoms with Crippen molar-refractivity contribution in [1.82, 2.24) is 4.90 Å². The highest BCUT2D eigenvalue weighted by Crippen LogP contribution is 2.10. The summed E-state index contributed by atoms with van der Waals surface area (Å²) in [7, 11) is 0. The Balaban J connectivity index is 2.05. The molecule has 0 spiro atoms. The molecule has 19 heavy (non-hydrogen) atoms. The molecule has 2 aliphatic heterocycles. The van der Waals surface area contributed by atoms with E-state index in [-0.39, 0.29) is 0 Å². The van der Waals surface area contributed by atoms with Gasteiger partial charge in [0.05, 0.1) is 5.36 Å². The van der Waals surface area contributed by atoms with Crippen molar-refractivity contribution in [3.8, 4) is 0 Å². The van der Waals surface area contributed by atoms with Crippen molar-refractivity contribution in [2.24, 2.45) is 4.99 Å². The van der Waals surface area contributed by atoms with Gasteiger partial charge in [-0.1, -0.05) is 48.5 Å². The maximum absolute atomic E-state index is 4.70. The molecule has 0 aliphatic carbocycles. The van der Waals surface area contributed by atoms with E-state index in [4.69, 9.17) is 4.99 Å². The lowest BCUT2D eigenvalue weighted by Crippen LogP contribution is -2.33. The average Bonchev–Trinajstić information content (AvgIpc) is 2.63. The maximum atomic E-state index is 4.70.